The van der Waals surface area contributed by atoms with Crippen molar-refractivity contribution < 1.29 is 4.79 Å². The van der Waals surface area contributed by atoms with Crippen molar-refractivity contribution in [1.29, 1.82) is 0 Å². The molecule has 0 saturated carbocycles. The Morgan fingerprint density at radius 2 is 2.50 bits per heavy atom. The van der Waals surface area contributed by atoms with Crippen LogP contribution in [0.25, 0.3) is 10.4 Å². The Morgan fingerprint density at radius 3 is 3.00 bits per heavy atom. The highest BCUT2D eigenvalue weighted by Gasteiger charge is 1.87. The van der Waals surface area contributed by atoms with Gasteiger partial charge in [0.1, 0.15) is 0 Å². The Kier molecular flexibility index (Phi) is 5.19. The van der Waals surface area contributed by atoms with Gasteiger partial charge in [-0.2, -0.15) is 0 Å². The summed E-state index contributed by atoms with van der Waals surface area (Å²) in [6.45, 7) is 4.03. The van der Waals surface area contributed by atoms with Gasteiger partial charge in [-0.15, -0.1) is 0 Å². The average molecular weight is 141 g/mol. The molecule has 0 spiro atoms. The van der Waals surface area contributed by atoms with Gasteiger partial charge in [-0.05, 0) is 12.0 Å². The fourth-order valence-corrected chi connectivity index (χ4v) is 0.422. The van der Waals surface area contributed by atoms with Gasteiger partial charge in [-0.1, -0.05) is 5.11 Å². The summed E-state index contributed by atoms with van der Waals surface area (Å²) in [5, 5.41) is 5.75. The number of carbonyl (C=O) groups is 1. The Morgan fingerprint density at radius 1 is 1.80 bits per heavy atom. The Bertz CT molecular complexity index is 146. The number of nitrogens with zero attached hydrogens (tertiary/aromatic N) is 3. The number of nitrogens with one attached hydrogen (secondary N) is 1. The van der Waals surface area contributed by atoms with Crippen LogP contribution in [0, 0.1) is 6.92 Å². The predicted octanol–water partition coefficient (Wildman–Crippen LogP) is 0.637. The second-order valence-corrected chi connectivity index (χ2v) is 1.66. The summed E-state index contributed by atoms with van der Waals surface area (Å²) in [6, 6.07) is 0. The third-order valence-corrected chi connectivity index (χ3v) is 0.820. The molecule has 0 aromatic rings. The topological polar surface area (TPSA) is 77.9 Å². The van der Waals surface area contributed by atoms with E-state index in [1.807, 2.05) is 0 Å². The van der Waals surface area contributed by atoms with E-state index in [9.17, 15) is 4.79 Å². The highest BCUT2D eigenvalue weighted by molar-refractivity contribution is 5.79. The lowest BCUT2D eigenvalue weighted by molar-refractivity contribution is -0.116. The van der Waals surface area contributed by atoms with E-state index in [1.165, 1.54) is 0 Å². The monoisotopic (exact) mass is 141 g/mol. The van der Waals surface area contributed by atoms with Gasteiger partial charge in [0.2, 0.25) is 5.91 Å². The van der Waals surface area contributed by atoms with Crippen molar-refractivity contribution in [2.75, 3.05) is 13.1 Å². The zero-order valence-electron chi connectivity index (χ0n) is 5.58. The summed E-state index contributed by atoms with van der Waals surface area (Å²) in [4.78, 5) is 12.7. The quantitative estimate of drug-likeness (QED) is 0.265. The SMILES string of the molecule is [CH2]C(=O)NCCCN=[N+]=[N-]. The first-order valence-electron chi connectivity index (χ1n) is 2.88. The first-order chi connectivity index (χ1) is 4.77. The maximum absolute atomic E-state index is 10.2. The summed E-state index contributed by atoms with van der Waals surface area (Å²) in [5.74, 6) is -0.305. The third-order valence-electron chi connectivity index (χ3n) is 0.820. The minimum Gasteiger partial charge on any atom is -0.356 e. The van der Waals surface area contributed by atoms with Crippen LogP contribution in [0.1, 0.15) is 6.42 Å². The van der Waals surface area contributed by atoms with Crippen LogP contribution >= 0.6 is 0 Å². The highest BCUT2D eigenvalue weighted by atomic mass is 16.1. The van der Waals surface area contributed by atoms with Gasteiger partial charge < -0.3 is 5.32 Å². The molecule has 5 nitrogen and oxygen atoms in total. The molecule has 55 valence electrons. The number of amides is 1. The first-order valence-corrected chi connectivity index (χ1v) is 2.88. The Hall–Kier alpha value is -1.22. The average Bonchev–Trinajstić information content (AvgIpc) is 1.87. The molecule has 5 heteroatoms. The van der Waals surface area contributed by atoms with Gasteiger partial charge in [0.25, 0.3) is 0 Å². The van der Waals surface area contributed by atoms with Gasteiger partial charge in [-0.3, -0.25) is 4.79 Å². The molecule has 1 amide bonds. The minimum absolute atomic E-state index is 0.305. The van der Waals surface area contributed by atoms with Gasteiger partial charge in [0.15, 0.2) is 0 Å². The number of rotatable bonds is 4. The van der Waals surface area contributed by atoms with Gasteiger partial charge in [0, 0.05) is 24.9 Å². The van der Waals surface area contributed by atoms with E-state index in [-0.39, 0.29) is 5.91 Å². The summed E-state index contributed by atoms with van der Waals surface area (Å²) in [6.07, 6.45) is 0.658. The summed E-state index contributed by atoms with van der Waals surface area (Å²) in [7, 11) is 0. The van der Waals surface area contributed by atoms with Crippen LogP contribution in [0.4, 0.5) is 0 Å². The highest BCUT2D eigenvalue weighted by Crippen LogP contribution is 1.78. The normalized spacial score (nSPS) is 8.10. The zero-order chi connectivity index (χ0) is 7.82. The first kappa shape index (κ1) is 8.78. The van der Waals surface area contributed by atoms with Crippen LogP contribution in [0.15, 0.2) is 5.11 Å². The molecule has 0 saturated heterocycles. The fourth-order valence-electron chi connectivity index (χ4n) is 0.422. The molecule has 10 heavy (non-hydrogen) atoms. The second kappa shape index (κ2) is 5.91. The van der Waals surface area contributed by atoms with Crippen LogP contribution in [0.5, 0.6) is 0 Å². The van der Waals surface area contributed by atoms with E-state index >= 15 is 0 Å². The van der Waals surface area contributed by atoms with Crippen LogP contribution in [-0.2, 0) is 4.79 Å². The largest absolute Gasteiger partial charge is 0.356 e. The van der Waals surface area contributed by atoms with Crippen LogP contribution in [0.3, 0.4) is 0 Å². The smallest absolute Gasteiger partial charge is 0.220 e. The van der Waals surface area contributed by atoms with Crippen molar-refractivity contribution in [1.82, 2.24) is 5.32 Å². The molecular formula is C5H9N4O. The lowest BCUT2D eigenvalue weighted by Gasteiger charge is -1.96. The van der Waals surface area contributed by atoms with E-state index in [4.69, 9.17) is 5.53 Å². The molecular weight excluding hydrogens is 132 g/mol. The lowest BCUT2D eigenvalue weighted by Crippen LogP contribution is -2.21. The molecule has 0 aliphatic heterocycles. The Labute approximate surface area is 59.0 Å². The van der Waals surface area contributed by atoms with Gasteiger partial charge >= 0.3 is 0 Å². The lowest BCUT2D eigenvalue weighted by atomic mass is 10.4. The summed E-state index contributed by atoms with van der Waals surface area (Å²) in [5.41, 5.74) is 7.83. The number of hydrogen-bond acceptors (Lipinski definition) is 2. The summed E-state index contributed by atoms with van der Waals surface area (Å²) < 4.78 is 0. The molecule has 0 aromatic carbocycles. The molecule has 0 rings (SSSR count). The second-order valence-electron chi connectivity index (χ2n) is 1.66. The molecule has 0 unspecified atom stereocenters. The number of azide groups is 1. The molecule has 0 bridgehead atoms. The van der Waals surface area contributed by atoms with Crippen molar-refractivity contribution in [3.05, 3.63) is 17.4 Å². The molecule has 1 N–H and O–H groups in total. The van der Waals surface area contributed by atoms with E-state index in [0.29, 0.717) is 19.5 Å². The van der Waals surface area contributed by atoms with Crippen LogP contribution in [0.2, 0.25) is 0 Å². The fraction of sp³-hybridized carbons (Fsp3) is 0.600. The van der Waals surface area contributed by atoms with E-state index < -0.39 is 0 Å². The Balaban J connectivity index is 3.05. The molecule has 0 fully saturated rings. The molecule has 0 heterocycles. The van der Waals surface area contributed by atoms with Crippen molar-refractivity contribution >= 4 is 5.91 Å². The maximum atomic E-state index is 10.2. The molecule has 1 radical (unpaired) electrons. The predicted molar refractivity (Wildman–Crippen MR) is 37.0 cm³/mol. The van der Waals surface area contributed by atoms with Crippen LogP contribution < -0.4 is 5.32 Å². The summed E-state index contributed by atoms with van der Waals surface area (Å²) >= 11 is 0. The van der Waals surface area contributed by atoms with Crippen LogP contribution in [-0.4, -0.2) is 19.0 Å². The molecule has 0 aliphatic carbocycles. The van der Waals surface area contributed by atoms with Crippen molar-refractivity contribution in [3.63, 3.8) is 0 Å². The van der Waals surface area contributed by atoms with Crippen molar-refractivity contribution in [3.8, 4) is 0 Å². The van der Waals surface area contributed by atoms with Crippen molar-refractivity contribution in [2.45, 2.75) is 6.42 Å². The van der Waals surface area contributed by atoms with E-state index in [1.54, 1.807) is 0 Å². The molecule has 0 aromatic heterocycles. The van der Waals surface area contributed by atoms with E-state index in [0.717, 1.165) is 0 Å². The standard InChI is InChI=1S/C5H9N4O/c1-5(10)7-3-2-4-8-9-6/h1-4H2,(H,7,10). The van der Waals surface area contributed by atoms with Gasteiger partial charge in [0.05, 0.1) is 0 Å². The van der Waals surface area contributed by atoms with Gasteiger partial charge in [-0.25, -0.2) is 0 Å². The third kappa shape index (κ3) is 6.78. The molecule has 0 atom stereocenters. The minimum atomic E-state index is -0.305. The van der Waals surface area contributed by atoms with E-state index in [2.05, 4.69) is 22.3 Å². The maximum Gasteiger partial charge on any atom is 0.220 e. The zero-order valence-corrected chi connectivity index (χ0v) is 5.58. The van der Waals surface area contributed by atoms with Crippen molar-refractivity contribution in [2.24, 2.45) is 5.11 Å². The molecule has 0 aliphatic rings. The number of hydrogen-bond donors (Lipinski definition) is 1. The number of carbonyl (C=O) groups excluding carboxylic acids is 1.